The topological polar surface area (TPSA) is 57.1 Å². The molecule has 1 saturated heterocycles. The van der Waals surface area contributed by atoms with Gasteiger partial charge >= 0.3 is 7.12 Å². The van der Waals surface area contributed by atoms with E-state index >= 15 is 0 Å². The Labute approximate surface area is 273 Å². The second-order valence-corrected chi connectivity index (χ2v) is 13.8. The van der Waals surface area contributed by atoms with Gasteiger partial charge in [0.1, 0.15) is 0 Å². The van der Waals surface area contributed by atoms with Gasteiger partial charge in [-0.3, -0.25) is 0 Å². The van der Waals surface area contributed by atoms with Crippen molar-refractivity contribution in [2.75, 3.05) is 0 Å². The van der Waals surface area contributed by atoms with Crippen LogP contribution >= 0.6 is 11.3 Å². The molecule has 0 bridgehead atoms. The van der Waals surface area contributed by atoms with Gasteiger partial charge in [0.25, 0.3) is 0 Å². The monoisotopic (exact) mass is 617 g/mol. The Kier molecular flexibility index (Phi) is 6.87. The molecule has 0 N–H and O–H groups in total. The molecule has 0 saturated carbocycles. The SMILES string of the molecule is CC1(C)OB(c2c(-c3cccc(-c4nc(-c5ccccc5)nc(-c5ccccc5)n4)c3)ccc3c2sc2ccccc23)OC1(C)C. The minimum atomic E-state index is -0.521. The molecule has 0 atom stereocenters. The van der Waals surface area contributed by atoms with Gasteiger partial charge in [-0.15, -0.1) is 11.3 Å². The van der Waals surface area contributed by atoms with Gasteiger partial charge in [-0.1, -0.05) is 109 Å². The van der Waals surface area contributed by atoms with E-state index in [0.717, 1.165) is 33.3 Å². The van der Waals surface area contributed by atoms with Crippen molar-refractivity contribution in [2.24, 2.45) is 0 Å². The van der Waals surface area contributed by atoms with E-state index < -0.39 is 18.3 Å². The van der Waals surface area contributed by atoms with Gasteiger partial charge in [-0.25, -0.2) is 15.0 Å². The molecule has 0 aliphatic carbocycles. The maximum atomic E-state index is 6.71. The quantitative estimate of drug-likeness (QED) is 0.180. The lowest BCUT2D eigenvalue weighted by atomic mass is 9.73. The molecule has 0 radical (unpaired) electrons. The van der Waals surface area contributed by atoms with Crippen LogP contribution in [0, 0.1) is 0 Å². The van der Waals surface area contributed by atoms with Crippen molar-refractivity contribution in [1.29, 1.82) is 0 Å². The molecule has 7 aromatic rings. The number of nitrogens with zero attached hydrogens (tertiary/aromatic N) is 3. The van der Waals surface area contributed by atoms with E-state index in [-0.39, 0.29) is 0 Å². The molecule has 46 heavy (non-hydrogen) atoms. The lowest BCUT2D eigenvalue weighted by Crippen LogP contribution is -2.41. The first-order valence-electron chi connectivity index (χ1n) is 15.5. The fourth-order valence-corrected chi connectivity index (χ4v) is 7.28. The lowest BCUT2D eigenvalue weighted by Gasteiger charge is -2.32. The number of fused-ring (bicyclic) bond motifs is 3. The van der Waals surface area contributed by atoms with Crippen LogP contribution in [0.4, 0.5) is 0 Å². The molecule has 2 aromatic heterocycles. The molecule has 0 spiro atoms. The van der Waals surface area contributed by atoms with Gasteiger partial charge in [-0.05, 0) is 51.0 Å². The molecule has 5 nitrogen and oxygen atoms in total. The summed E-state index contributed by atoms with van der Waals surface area (Å²) in [7, 11) is -0.521. The second-order valence-electron chi connectivity index (χ2n) is 12.7. The van der Waals surface area contributed by atoms with Crippen molar-refractivity contribution in [3.05, 3.63) is 121 Å². The first-order valence-corrected chi connectivity index (χ1v) is 16.4. The van der Waals surface area contributed by atoms with Crippen molar-refractivity contribution in [3.63, 3.8) is 0 Å². The minimum Gasteiger partial charge on any atom is -0.399 e. The van der Waals surface area contributed by atoms with E-state index in [1.165, 1.54) is 20.2 Å². The van der Waals surface area contributed by atoms with Crippen molar-refractivity contribution in [2.45, 2.75) is 38.9 Å². The van der Waals surface area contributed by atoms with E-state index in [0.29, 0.717) is 17.5 Å². The average Bonchev–Trinajstić information content (AvgIpc) is 3.57. The number of aromatic nitrogens is 3. The largest absolute Gasteiger partial charge is 0.496 e. The van der Waals surface area contributed by atoms with Gasteiger partial charge < -0.3 is 9.31 Å². The highest BCUT2D eigenvalue weighted by atomic mass is 32.1. The third-order valence-electron chi connectivity index (χ3n) is 9.21. The number of hydrogen-bond donors (Lipinski definition) is 0. The van der Waals surface area contributed by atoms with Gasteiger partial charge in [0.05, 0.1) is 11.2 Å². The van der Waals surface area contributed by atoms with Crippen LogP contribution in [-0.4, -0.2) is 33.3 Å². The van der Waals surface area contributed by atoms with Crippen LogP contribution in [0.15, 0.2) is 121 Å². The zero-order valence-corrected chi connectivity index (χ0v) is 27.0. The van der Waals surface area contributed by atoms with E-state index in [1.807, 2.05) is 60.7 Å². The Morgan fingerprint density at radius 2 is 1.04 bits per heavy atom. The predicted molar refractivity (Wildman–Crippen MR) is 190 cm³/mol. The van der Waals surface area contributed by atoms with Crippen molar-refractivity contribution in [3.8, 4) is 45.3 Å². The van der Waals surface area contributed by atoms with Crippen LogP contribution in [0.25, 0.3) is 65.5 Å². The van der Waals surface area contributed by atoms with E-state index in [4.69, 9.17) is 24.3 Å². The molecular formula is C39H32BN3O2S. The van der Waals surface area contributed by atoms with Crippen molar-refractivity contribution in [1.82, 2.24) is 15.0 Å². The molecule has 7 heteroatoms. The molecule has 0 unspecified atom stereocenters. The van der Waals surface area contributed by atoms with Crippen molar-refractivity contribution < 1.29 is 9.31 Å². The maximum Gasteiger partial charge on any atom is 0.496 e. The summed E-state index contributed by atoms with van der Waals surface area (Å²) >= 11 is 1.79. The molecule has 3 heterocycles. The molecule has 1 aliphatic rings. The van der Waals surface area contributed by atoms with Gasteiger partial charge in [0, 0.05) is 42.3 Å². The fourth-order valence-electron chi connectivity index (χ4n) is 6.02. The Morgan fingerprint density at radius 3 is 1.67 bits per heavy atom. The molecule has 224 valence electrons. The third kappa shape index (κ3) is 4.92. The van der Waals surface area contributed by atoms with E-state index in [1.54, 1.807) is 11.3 Å². The Morgan fingerprint density at radius 1 is 0.522 bits per heavy atom. The van der Waals surface area contributed by atoms with Crippen molar-refractivity contribution >= 4 is 44.1 Å². The first-order chi connectivity index (χ1) is 22.3. The summed E-state index contributed by atoms with van der Waals surface area (Å²) < 4.78 is 15.8. The maximum absolute atomic E-state index is 6.71. The van der Waals surface area contributed by atoms with Crippen LogP contribution in [0.5, 0.6) is 0 Å². The summed E-state index contributed by atoms with van der Waals surface area (Å²) in [5.41, 5.74) is 5.02. The van der Waals surface area contributed by atoms with E-state index in [2.05, 4.69) is 88.4 Å². The number of rotatable bonds is 5. The highest BCUT2D eigenvalue weighted by Gasteiger charge is 2.53. The summed E-state index contributed by atoms with van der Waals surface area (Å²) in [6.45, 7) is 8.42. The van der Waals surface area contributed by atoms with Crippen LogP contribution < -0.4 is 5.46 Å². The van der Waals surface area contributed by atoms with Crippen LogP contribution in [0.2, 0.25) is 0 Å². The number of thiophene rings is 1. The third-order valence-corrected chi connectivity index (χ3v) is 10.4. The minimum absolute atomic E-state index is 0.470. The summed E-state index contributed by atoms with van der Waals surface area (Å²) in [6.07, 6.45) is 0. The highest BCUT2D eigenvalue weighted by molar-refractivity contribution is 7.27. The molecule has 8 rings (SSSR count). The molecule has 0 amide bonds. The number of hydrogen-bond acceptors (Lipinski definition) is 6. The highest BCUT2D eigenvalue weighted by Crippen LogP contribution is 2.41. The van der Waals surface area contributed by atoms with E-state index in [9.17, 15) is 0 Å². The zero-order valence-electron chi connectivity index (χ0n) is 26.2. The number of benzene rings is 5. The fraction of sp³-hybridized carbons (Fsp3) is 0.154. The summed E-state index contributed by atoms with van der Waals surface area (Å²) in [6, 6.07) is 41.6. The van der Waals surface area contributed by atoms with Gasteiger partial charge in [0.15, 0.2) is 17.5 Å². The predicted octanol–water partition coefficient (Wildman–Crippen LogP) is 9.21. The normalized spacial score (nSPS) is 15.5. The zero-order chi connectivity index (χ0) is 31.5. The Balaban J connectivity index is 1.31. The lowest BCUT2D eigenvalue weighted by molar-refractivity contribution is 0.00578. The first kappa shape index (κ1) is 28.8. The molecule has 1 fully saturated rings. The molecule has 5 aromatic carbocycles. The van der Waals surface area contributed by atoms with Crippen LogP contribution in [-0.2, 0) is 9.31 Å². The Bertz CT molecular complexity index is 2160. The Hall–Kier alpha value is -4.69. The summed E-state index contributed by atoms with van der Waals surface area (Å²) in [4.78, 5) is 14.8. The molecule has 1 aliphatic heterocycles. The second kappa shape index (κ2) is 11.0. The van der Waals surface area contributed by atoms with Gasteiger partial charge in [0.2, 0.25) is 0 Å². The molecular weight excluding hydrogens is 585 g/mol. The standard InChI is InChI=1S/C39H32BN3O2S/c1-38(2)39(3,4)45-40(44-38)33-29(22-23-31-30-20-11-12-21-32(30)46-34(31)33)27-18-13-19-28(24-27)37-42-35(25-14-7-5-8-15-25)41-36(43-37)26-16-9-6-10-17-26/h5-24H,1-4H3. The smallest absolute Gasteiger partial charge is 0.399 e. The summed E-state index contributed by atoms with van der Waals surface area (Å²) in [5.74, 6) is 1.90. The van der Waals surface area contributed by atoms with Gasteiger partial charge in [-0.2, -0.15) is 0 Å². The average molecular weight is 618 g/mol. The van der Waals surface area contributed by atoms with Crippen LogP contribution in [0.3, 0.4) is 0 Å². The van der Waals surface area contributed by atoms with Crippen LogP contribution in [0.1, 0.15) is 27.7 Å². The summed E-state index contributed by atoms with van der Waals surface area (Å²) in [5, 5.41) is 2.45.